The highest BCUT2D eigenvalue weighted by molar-refractivity contribution is 7.12. The van der Waals surface area contributed by atoms with Crippen LogP contribution in [0.25, 0.3) is 0 Å². The van der Waals surface area contributed by atoms with E-state index in [-0.39, 0.29) is 29.7 Å². The van der Waals surface area contributed by atoms with E-state index in [1.807, 2.05) is 0 Å². The third-order valence-corrected chi connectivity index (χ3v) is 5.85. The lowest BCUT2D eigenvalue weighted by Crippen LogP contribution is -2.62. The third kappa shape index (κ3) is 2.63. The van der Waals surface area contributed by atoms with Crippen molar-refractivity contribution in [3.05, 3.63) is 51.7 Å². The van der Waals surface area contributed by atoms with Crippen molar-refractivity contribution < 1.29 is 24.0 Å². The zero-order valence-corrected chi connectivity index (χ0v) is 15.6. The number of carbonyl (C=O) groups excluding carboxylic acids is 5. The van der Waals surface area contributed by atoms with E-state index in [0.717, 1.165) is 4.90 Å². The maximum absolute atomic E-state index is 13.1. The Labute approximate surface area is 163 Å². The molecule has 1 atom stereocenters. The second-order valence-electron chi connectivity index (χ2n) is 6.76. The maximum Gasteiger partial charge on any atom is 0.265 e. The number of hydrogen-bond donors (Lipinski definition) is 2. The SMILES string of the molecule is CC1(N2C(=O)c3cccc(NC(=O)c4cccs4)c3C2=O)CCC(=O)NC1=O. The van der Waals surface area contributed by atoms with E-state index in [9.17, 15) is 24.0 Å². The van der Waals surface area contributed by atoms with Crippen LogP contribution in [0.5, 0.6) is 0 Å². The largest absolute Gasteiger partial charge is 0.321 e. The highest BCUT2D eigenvalue weighted by Crippen LogP contribution is 2.37. The molecule has 1 saturated heterocycles. The number of hydrogen-bond acceptors (Lipinski definition) is 6. The van der Waals surface area contributed by atoms with Crippen LogP contribution in [0.2, 0.25) is 0 Å². The van der Waals surface area contributed by atoms with E-state index in [0.29, 0.717) is 4.88 Å². The summed E-state index contributed by atoms with van der Waals surface area (Å²) in [7, 11) is 0. The molecule has 2 aliphatic heterocycles. The quantitative estimate of drug-likeness (QED) is 0.767. The van der Waals surface area contributed by atoms with Gasteiger partial charge in [0.25, 0.3) is 23.6 Å². The number of carbonyl (C=O) groups is 5. The molecule has 28 heavy (non-hydrogen) atoms. The van der Waals surface area contributed by atoms with Gasteiger partial charge in [-0.3, -0.25) is 34.2 Å². The standard InChI is InChI=1S/C19H15N3O5S/c1-19(8-7-13(23)21-18(19)27)22-16(25)10-4-2-5-11(14(10)17(22)26)20-15(24)12-6-3-9-28-12/h2-6,9H,7-8H2,1H3,(H,20,24)(H,21,23,27). The number of benzene rings is 1. The van der Waals surface area contributed by atoms with Crippen LogP contribution in [0, 0.1) is 0 Å². The Bertz CT molecular complexity index is 1050. The van der Waals surface area contributed by atoms with Gasteiger partial charge < -0.3 is 5.32 Å². The van der Waals surface area contributed by atoms with E-state index in [1.165, 1.54) is 30.4 Å². The van der Waals surface area contributed by atoms with Gasteiger partial charge in [0.1, 0.15) is 5.54 Å². The molecule has 3 heterocycles. The fourth-order valence-corrected chi connectivity index (χ4v) is 4.06. The van der Waals surface area contributed by atoms with Crippen molar-refractivity contribution in [2.24, 2.45) is 0 Å². The number of fused-ring (bicyclic) bond motifs is 1. The zero-order valence-electron chi connectivity index (χ0n) is 14.8. The number of nitrogens with one attached hydrogen (secondary N) is 2. The Morgan fingerprint density at radius 1 is 1.14 bits per heavy atom. The number of amides is 5. The Hall–Kier alpha value is -3.33. The van der Waals surface area contributed by atoms with Crippen molar-refractivity contribution in [3.63, 3.8) is 0 Å². The Kier molecular flexibility index (Phi) is 4.11. The lowest BCUT2D eigenvalue weighted by molar-refractivity contribution is -0.140. The van der Waals surface area contributed by atoms with Crippen LogP contribution < -0.4 is 10.6 Å². The van der Waals surface area contributed by atoms with Gasteiger partial charge in [0.05, 0.1) is 21.7 Å². The maximum atomic E-state index is 13.1. The summed E-state index contributed by atoms with van der Waals surface area (Å²) in [6.07, 6.45) is 0.0671. The first-order chi connectivity index (χ1) is 13.3. The fourth-order valence-electron chi connectivity index (χ4n) is 3.44. The average molecular weight is 397 g/mol. The first kappa shape index (κ1) is 18.1. The number of piperidine rings is 1. The highest BCUT2D eigenvalue weighted by Gasteiger charge is 2.53. The molecule has 0 bridgehead atoms. The van der Waals surface area contributed by atoms with Crippen LogP contribution in [-0.2, 0) is 9.59 Å². The summed E-state index contributed by atoms with van der Waals surface area (Å²) < 4.78 is 0. The van der Waals surface area contributed by atoms with Gasteiger partial charge in [-0.25, -0.2) is 0 Å². The van der Waals surface area contributed by atoms with Gasteiger partial charge in [0.15, 0.2) is 0 Å². The molecule has 0 spiro atoms. The summed E-state index contributed by atoms with van der Waals surface area (Å²) in [5, 5.41) is 6.61. The van der Waals surface area contributed by atoms with Crippen molar-refractivity contribution in [1.82, 2.24) is 10.2 Å². The fraction of sp³-hybridized carbons (Fsp3) is 0.211. The van der Waals surface area contributed by atoms with Crippen LogP contribution in [0.1, 0.15) is 50.2 Å². The molecule has 142 valence electrons. The topological polar surface area (TPSA) is 113 Å². The molecule has 2 N–H and O–H groups in total. The summed E-state index contributed by atoms with van der Waals surface area (Å²) in [6.45, 7) is 1.46. The summed E-state index contributed by atoms with van der Waals surface area (Å²) >= 11 is 1.25. The van der Waals surface area contributed by atoms with Crippen molar-refractivity contribution in [1.29, 1.82) is 0 Å². The van der Waals surface area contributed by atoms with Gasteiger partial charge in [-0.2, -0.15) is 0 Å². The molecule has 1 unspecified atom stereocenters. The normalized spacial score (nSPS) is 21.5. The lowest BCUT2D eigenvalue weighted by atomic mass is 9.89. The smallest absolute Gasteiger partial charge is 0.265 e. The van der Waals surface area contributed by atoms with Crippen LogP contribution in [0.15, 0.2) is 35.7 Å². The Morgan fingerprint density at radius 3 is 2.61 bits per heavy atom. The van der Waals surface area contributed by atoms with Gasteiger partial charge in [-0.05, 0) is 36.9 Å². The molecule has 1 fully saturated rings. The third-order valence-electron chi connectivity index (χ3n) is 4.98. The molecular weight excluding hydrogens is 382 g/mol. The van der Waals surface area contributed by atoms with Gasteiger partial charge in [-0.1, -0.05) is 12.1 Å². The van der Waals surface area contributed by atoms with Crippen LogP contribution >= 0.6 is 11.3 Å². The summed E-state index contributed by atoms with van der Waals surface area (Å²) in [5.41, 5.74) is -1.12. The first-order valence-electron chi connectivity index (χ1n) is 8.54. The van der Waals surface area contributed by atoms with Crippen molar-refractivity contribution in [2.75, 3.05) is 5.32 Å². The molecule has 4 rings (SSSR count). The number of imide groups is 2. The minimum absolute atomic E-state index is 0.0254. The number of thiophene rings is 1. The molecule has 5 amide bonds. The molecule has 0 saturated carbocycles. The Morgan fingerprint density at radius 2 is 1.93 bits per heavy atom. The summed E-state index contributed by atoms with van der Waals surface area (Å²) in [5.74, 6) is -2.83. The summed E-state index contributed by atoms with van der Waals surface area (Å²) in [6, 6.07) is 7.95. The highest BCUT2D eigenvalue weighted by atomic mass is 32.1. The minimum atomic E-state index is -1.48. The molecule has 0 radical (unpaired) electrons. The molecular formula is C19H15N3O5S. The minimum Gasteiger partial charge on any atom is -0.321 e. The lowest BCUT2D eigenvalue weighted by Gasteiger charge is -2.38. The molecule has 1 aromatic heterocycles. The van der Waals surface area contributed by atoms with E-state index in [2.05, 4.69) is 10.6 Å². The van der Waals surface area contributed by atoms with Gasteiger partial charge >= 0.3 is 0 Å². The van der Waals surface area contributed by atoms with Crippen LogP contribution in [0.3, 0.4) is 0 Å². The first-order valence-corrected chi connectivity index (χ1v) is 9.42. The molecule has 9 heteroatoms. The summed E-state index contributed by atoms with van der Waals surface area (Å²) in [4.78, 5) is 63.7. The second-order valence-corrected chi connectivity index (χ2v) is 7.70. The molecule has 0 aliphatic carbocycles. The van der Waals surface area contributed by atoms with Crippen molar-refractivity contribution >= 4 is 46.6 Å². The number of anilines is 1. The molecule has 1 aromatic carbocycles. The van der Waals surface area contributed by atoms with Crippen molar-refractivity contribution in [3.8, 4) is 0 Å². The van der Waals surface area contributed by atoms with Crippen LogP contribution in [0.4, 0.5) is 5.69 Å². The van der Waals surface area contributed by atoms with E-state index >= 15 is 0 Å². The monoisotopic (exact) mass is 397 g/mol. The Balaban J connectivity index is 1.71. The molecule has 2 aliphatic rings. The second kappa shape index (κ2) is 6.38. The van der Waals surface area contributed by atoms with Gasteiger partial charge in [-0.15, -0.1) is 11.3 Å². The average Bonchev–Trinajstić information content (AvgIpc) is 3.27. The van der Waals surface area contributed by atoms with E-state index in [4.69, 9.17) is 0 Å². The van der Waals surface area contributed by atoms with Crippen LogP contribution in [-0.4, -0.2) is 40.0 Å². The number of rotatable bonds is 3. The predicted molar refractivity (Wildman–Crippen MR) is 100 cm³/mol. The van der Waals surface area contributed by atoms with Gasteiger partial charge in [0.2, 0.25) is 5.91 Å². The molecule has 2 aromatic rings. The van der Waals surface area contributed by atoms with E-state index < -0.39 is 35.1 Å². The number of nitrogens with zero attached hydrogens (tertiary/aromatic N) is 1. The zero-order chi connectivity index (χ0) is 20.1. The molecule has 8 nitrogen and oxygen atoms in total. The predicted octanol–water partition coefficient (Wildman–Crippen LogP) is 1.79. The van der Waals surface area contributed by atoms with Gasteiger partial charge in [0, 0.05) is 6.42 Å². The van der Waals surface area contributed by atoms with Crippen molar-refractivity contribution in [2.45, 2.75) is 25.3 Å². The van der Waals surface area contributed by atoms with E-state index in [1.54, 1.807) is 23.6 Å².